The van der Waals surface area contributed by atoms with Crippen molar-refractivity contribution in [2.75, 3.05) is 6.54 Å². The lowest BCUT2D eigenvalue weighted by Gasteiger charge is -2.43. The molecule has 2 nitrogen and oxygen atoms in total. The molecule has 0 amide bonds. The monoisotopic (exact) mass is 253 g/mol. The van der Waals surface area contributed by atoms with Gasteiger partial charge in [0.1, 0.15) is 0 Å². The summed E-state index contributed by atoms with van der Waals surface area (Å²) < 4.78 is 0. The molecule has 0 aromatic heterocycles. The first-order valence-electron chi connectivity index (χ1n) is 8.05. The summed E-state index contributed by atoms with van der Waals surface area (Å²) in [5.74, 6) is 1.77. The Labute approximate surface area is 113 Å². The summed E-state index contributed by atoms with van der Waals surface area (Å²) in [4.78, 5) is 2.60. The van der Waals surface area contributed by atoms with Crippen LogP contribution in [0.4, 0.5) is 0 Å². The molecule has 3 unspecified atom stereocenters. The van der Waals surface area contributed by atoms with E-state index < -0.39 is 0 Å². The molecule has 0 radical (unpaired) electrons. The fraction of sp³-hybridized carbons (Fsp3) is 1.00. The number of nitrogens with zero attached hydrogens (tertiary/aromatic N) is 1. The first kappa shape index (κ1) is 14.3. The van der Waals surface area contributed by atoms with E-state index in [0.29, 0.717) is 12.1 Å². The van der Waals surface area contributed by atoms with Crippen LogP contribution in [-0.2, 0) is 0 Å². The molecule has 18 heavy (non-hydrogen) atoms. The predicted octanol–water partition coefficient (Wildman–Crippen LogP) is 3.44. The van der Waals surface area contributed by atoms with Crippen LogP contribution in [0.25, 0.3) is 0 Å². The first-order valence-corrected chi connectivity index (χ1v) is 8.05. The molecular weight excluding hydrogens is 222 g/mol. The average molecular weight is 253 g/mol. The van der Waals surface area contributed by atoms with Crippen molar-refractivity contribution in [3.8, 4) is 0 Å². The zero-order valence-corrected chi connectivity index (χ0v) is 12.4. The first-order chi connectivity index (χ1) is 8.61. The van der Waals surface area contributed by atoms with Gasteiger partial charge in [-0.25, -0.2) is 0 Å². The average Bonchev–Trinajstić information content (AvgIpc) is 3.13. The lowest BCUT2D eigenvalue weighted by Crippen LogP contribution is -2.51. The molecule has 0 aromatic carbocycles. The van der Waals surface area contributed by atoms with E-state index in [2.05, 4.69) is 25.7 Å². The molecule has 3 atom stereocenters. The predicted molar refractivity (Wildman–Crippen MR) is 76.6 cm³/mol. The summed E-state index contributed by atoms with van der Waals surface area (Å²) >= 11 is 0. The summed E-state index contributed by atoms with van der Waals surface area (Å²) in [6.07, 6.45) is 8.84. The molecule has 0 heterocycles. The molecule has 1 N–H and O–H groups in total. The van der Waals surface area contributed by atoms with Crippen molar-refractivity contribution >= 4 is 0 Å². The minimum atomic E-state index is -0.0840. The minimum absolute atomic E-state index is 0.0840. The topological polar surface area (TPSA) is 23.5 Å². The van der Waals surface area contributed by atoms with Gasteiger partial charge in [0.2, 0.25) is 0 Å². The molecular formula is C16H31NO. The van der Waals surface area contributed by atoms with Gasteiger partial charge in [-0.05, 0) is 57.8 Å². The van der Waals surface area contributed by atoms with Crippen molar-refractivity contribution in [3.05, 3.63) is 0 Å². The maximum Gasteiger partial charge on any atom is 0.0695 e. The van der Waals surface area contributed by atoms with E-state index in [1.54, 1.807) is 0 Å². The van der Waals surface area contributed by atoms with Gasteiger partial charge in [-0.1, -0.05) is 19.8 Å². The summed E-state index contributed by atoms with van der Waals surface area (Å²) in [6.45, 7) is 8.08. The molecule has 106 valence electrons. The van der Waals surface area contributed by atoms with Gasteiger partial charge in [-0.3, -0.25) is 4.90 Å². The van der Waals surface area contributed by atoms with Gasteiger partial charge in [0.25, 0.3) is 0 Å². The third-order valence-electron chi connectivity index (χ3n) is 4.84. The maximum absolute atomic E-state index is 10.4. The maximum atomic E-state index is 10.4. The zero-order chi connectivity index (χ0) is 13.1. The van der Waals surface area contributed by atoms with Gasteiger partial charge in [-0.2, -0.15) is 0 Å². The fourth-order valence-electron chi connectivity index (χ4n) is 3.57. The molecule has 0 bridgehead atoms. The Kier molecular flexibility index (Phi) is 5.08. The van der Waals surface area contributed by atoms with E-state index in [1.807, 2.05) is 0 Å². The van der Waals surface area contributed by atoms with Crippen LogP contribution in [0, 0.1) is 11.8 Å². The largest absolute Gasteiger partial charge is 0.391 e. The molecule has 0 aromatic rings. The van der Waals surface area contributed by atoms with Crippen molar-refractivity contribution in [2.24, 2.45) is 11.8 Å². The van der Waals surface area contributed by atoms with Crippen LogP contribution < -0.4 is 0 Å². The Bertz CT molecular complexity index is 249. The Morgan fingerprint density at radius 3 is 2.33 bits per heavy atom. The van der Waals surface area contributed by atoms with Crippen LogP contribution in [0.15, 0.2) is 0 Å². The van der Waals surface area contributed by atoms with Gasteiger partial charge in [0.05, 0.1) is 6.10 Å². The molecule has 2 aliphatic rings. The standard InChI is InChI=1S/C16H31NO/c1-4-5-13-8-9-16(18)15(10-13)17(12(2)3)11-14-6-7-14/h12-16,18H,4-11H2,1-3H3. The summed E-state index contributed by atoms with van der Waals surface area (Å²) in [5, 5.41) is 10.4. The third-order valence-corrected chi connectivity index (χ3v) is 4.84. The molecule has 2 saturated carbocycles. The molecule has 2 fully saturated rings. The highest BCUT2D eigenvalue weighted by molar-refractivity contribution is 4.90. The number of aliphatic hydroxyl groups excluding tert-OH is 1. The van der Waals surface area contributed by atoms with Crippen molar-refractivity contribution in [2.45, 2.75) is 83.9 Å². The van der Waals surface area contributed by atoms with Crippen LogP contribution in [0.5, 0.6) is 0 Å². The van der Waals surface area contributed by atoms with Gasteiger partial charge >= 0.3 is 0 Å². The highest BCUT2D eigenvalue weighted by atomic mass is 16.3. The minimum Gasteiger partial charge on any atom is -0.391 e. The van der Waals surface area contributed by atoms with Crippen molar-refractivity contribution in [1.82, 2.24) is 4.90 Å². The fourth-order valence-corrected chi connectivity index (χ4v) is 3.57. The van der Waals surface area contributed by atoms with Crippen LogP contribution in [0.1, 0.15) is 65.7 Å². The SMILES string of the molecule is CCCC1CCC(O)C(N(CC2CC2)C(C)C)C1. The summed E-state index contributed by atoms with van der Waals surface area (Å²) in [5.41, 5.74) is 0. The Hall–Kier alpha value is -0.0800. The lowest BCUT2D eigenvalue weighted by atomic mass is 9.80. The van der Waals surface area contributed by atoms with Crippen LogP contribution in [0.3, 0.4) is 0 Å². The van der Waals surface area contributed by atoms with Gasteiger partial charge in [0.15, 0.2) is 0 Å². The number of aliphatic hydroxyl groups is 1. The van der Waals surface area contributed by atoms with E-state index in [9.17, 15) is 5.11 Å². The van der Waals surface area contributed by atoms with Crippen molar-refractivity contribution < 1.29 is 5.11 Å². The number of hydrogen-bond donors (Lipinski definition) is 1. The molecule has 0 spiro atoms. The second-order valence-electron chi connectivity index (χ2n) is 6.84. The van der Waals surface area contributed by atoms with Crippen molar-refractivity contribution in [1.29, 1.82) is 0 Å². The van der Waals surface area contributed by atoms with E-state index in [-0.39, 0.29) is 6.10 Å². The second-order valence-corrected chi connectivity index (χ2v) is 6.84. The molecule has 2 rings (SSSR count). The number of hydrogen-bond acceptors (Lipinski definition) is 2. The van der Waals surface area contributed by atoms with Gasteiger partial charge < -0.3 is 5.11 Å². The second kappa shape index (κ2) is 6.38. The molecule has 2 aliphatic carbocycles. The van der Waals surface area contributed by atoms with E-state index in [1.165, 1.54) is 45.1 Å². The lowest BCUT2D eigenvalue weighted by molar-refractivity contribution is -0.0139. The van der Waals surface area contributed by atoms with E-state index >= 15 is 0 Å². The smallest absolute Gasteiger partial charge is 0.0695 e. The Morgan fingerprint density at radius 1 is 1.11 bits per heavy atom. The summed E-state index contributed by atoms with van der Waals surface area (Å²) in [6, 6.07) is 1.00. The van der Waals surface area contributed by atoms with Crippen LogP contribution in [-0.4, -0.2) is 34.7 Å². The Morgan fingerprint density at radius 2 is 1.78 bits per heavy atom. The van der Waals surface area contributed by atoms with Crippen molar-refractivity contribution in [3.63, 3.8) is 0 Å². The van der Waals surface area contributed by atoms with E-state index in [4.69, 9.17) is 0 Å². The molecule has 2 heteroatoms. The van der Waals surface area contributed by atoms with Gasteiger partial charge in [0, 0.05) is 18.6 Å². The van der Waals surface area contributed by atoms with E-state index in [0.717, 1.165) is 18.3 Å². The van der Waals surface area contributed by atoms with Crippen LogP contribution >= 0.6 is 0 Å². The third kappa shape index (κ3) is 3.71. The zero-order valence-electron chi connectivity index (χ0n) is 12.4. The summed E-state index contributed by atoms with van der Waals surface area (Å²) in [7, 11) is 0. The highest BCUT2D eigenvalue weighted by Crippen LogP contribution is 2.36. The highest BCUT2D eigenvalue weighted by Gasteiger charge is 2.36. The number of rotatable bonds is 6. The normalized spacial score (nSPS) is 33.3. The Balaban J connectivity index is 1.96. The van der Waals surface area contributed by atoms with Gasteiger partial charge in [-0.15, -0.1) is 0 Å². The quantitative estimate of drug-likeness (QED) is 0.784. The van der Waals surface area contributed by atoms with Crippen LogP contribution in [0.2, 0.25) is 0 Å². The molecule has 0 saturated heterocycles. The molecule has 0 aliphatic heterocycles.